The summed E-state index contributed by atoms with van der Waals surface area (Å²) >= 11 is 47.3. The lowest BCUT2D eigenvalue weighted by Gasteiger charge is -2.13. The summed E-state index contributed by atoms with van der Waals surface area (Å²) in [6.45, 7) is 22.0. The fraction of sp³-hybridized carbons (Fsp3) is 0.119. The van der Waals surface area contributed by atoms with E-state index in [2.05, 4.69) is 175 Å². The van der Waals surface area contributed by atoms with Gasteiger partial charge in [-0.3, -0.25) is 0 Å². The van der Waals surface area contributed by atoms with E-state index < -0.39 is 0 Å². The van der Waals surface area contributed by atoms with Crippen LogP contribution in [0.3, 0.4) is 0 Å². The Morgan fingerprint density at radius 3 is 0.830 bits per heavy atom. The van der Waals surface area contributed by atoms with Crippen molar-refractivity contribution in [1.29, 1.82) is 15.8 Å². The van der Waals surface area contributed by atoms with Crippen molar-refractivity contribution in [1.82, 2.24) is 59.8 Å². The molecule has 0 spiro atoms. The first-order chi connectivity index (χ1) is 47.4. The summed E-state index contributed by atoms with van der Waals surface area (Å²) < 4.78 is 4.14. The zero-order chi connectivity index (χ0) is 73.9. The van der Waals surface area contributed by atoms with Gasteiger partial charge in [0.05, 0.1) is 34.9 Å². The first kappa shape index (κ1) is 81.5. The van der Waals surface area contributed by atoms with Gasteiger partial charge in [0, 0.05) is 57.7 Å². The lowest BCUT2D eigenvalue weighted by Crippen LogP contribution is -2.08. The molecule has 23 nitrogen and oxygen atoms in total. The number of nitrogens with zero attached hydrogens (tertiary/aromatic N) is 15. The number of nitrogens with two attached hydrogens (primary N) is 3. The van der Waals surface area contributed by atoms with Crippen LogP contribution in [0.1, 0.15) is 61.2 Å². The van der Waals surface area contributed by atoms with Gasteiger partial charge < -0.3 is 43.8 Å². The summed E-state index contributed by atoms with van der Waals surface area (Å²) in [6, 6.07) is 42.9. The summed E-state index contributed by atoms with van der Waals surface area (Å²) in [5.74, 6) is 1.75. The topological polar surface area (TPSA) is 364 Å². The van der Waals surface area contributed by atoms with Crippen molar-refractivity contribution in [2.75, 3.05) is 43.8 Å². The Bertz CT molecular complexity index is 4450. The number of hydrogen-bond acceptors (Lipinski definition) is 23. The Hall–Kier alpha value is -9.15. The number of nitrogen functional groups attached to an aromatic ring is 3. The van der Waals surface area contributed by atoms with Crippen LogP contribution in [0.5, 0.6) is 0 Å². The molecule has 11 aromatic rings. The molecule has 0 aliphatic rings. The van der Waals surface area contributed by atoms with E-state index in [4.69, 9.17) is 103 Å². The maximum absolute atomic E-state index is 8.86. The molecule has 0 aliphatic heterocycles. The molecule has 7 aromatic carbocycles. The fourth-order valence-electron chi connectivity index (χ4n) is 8.30. The number of rotatable bonds is 10. The summed E-state index contributed by atoms with van der Waals surface area (Å²) in [6.07, 6.45) is 0. The predicted octanol–water partition coefficient (Wildman–Crippen LogP) is 20.2. The average molecular weight is 1720 g/mol. The molecule has 0 fully saturated rings. The van der Waals surface area contributed by atoms with Gasteiger partial charge in [-0.15, -0.1) is 13.2 Å². The molecule has 0 bridgehead atoms. The van der Waals surface area contributed by atoms with Crippen molar-refractivity contribution in [2.24, 2.45) is 0 Å². The van der Waals surface area contributed by atoms with Crippen LogP contribution in [0.25, 0.3) is 0 Å². The third-order valence-corrected chi connectivity index (χ3v) is 15.6. The van der Waals surface area contributed by atoms with Gasteiger partial charge in [0.1, 0.15) is 0 Å². The zero-order valence-corrected chi connectivity index (χ0v) is 65.1. The van der Waals surface area contributed by atoms with Crippen LogP contribution < -0.4 is 43.8 Å². The number of aryl methyl sites for hydroxylation is 8. The lowest BCUT2D eigenvalue weighted by molar-refractivity contribution is 1.05. The minimum Gasteiger partial charge on any atom is -0.399 e. The van der Waals surface area contributed by atoms with Gasteiger partial charge in [-0.05, 0) is 291 Å². The second-order valence-electron chi connectivity index (χ2n) is 20.4. The van der Waals surface area contributed by atoms with Crippen LogP contribution in [-0.2, 0) is 0 Å². The van der Waals surface area contributed by atoms with Crippen LogP contribution in [0, 0.1) is 89.4 Å². The van der Waals surface area contributed by atoms with Gasteiger partial charge in [-0.25, -0.2) is 0 Å². The second-order valence-corrected chi connectivity index (χ2v) is 26.1. The molecule has 0 aliphatic carbocycles. The second kappa shape index (κ2) is 40.2. The number of halogens is 10. The molecule has 512 valence electrons. The number of hydrogen-bond donors (Lipinski definition) is 8. The van der Waals surface area contributed by atoms with E-state index in [0.717, 1.165) is 96.5 Å². The maximum Gasteiger partial charge on any atom is 0.233 e. The van der Waals surface area contributed by atoms with Crippen molar-refractivity contribution < 1.29 is 0 Å². The van der Waals surface area contributed by atoms with E-state index in [1.165, 1.54) is 0 Å². The van der Waals surface area contributed by atoms with Crippen LogP contribution >= 0.6 is 133 Å². The van der Waals surface area contributed by atoms with Crippen LogP contribution in [0.4, 0.5) is 75.5 Å². The normalized spacial score (nSPS) is 9.87. The summed E-state index contributed by atoms with van der Waals surface area (Å²) in [4.78, 5) is 47.2. The zero-order valence-electron chi connectivity index (χ0n) is 54.2. The molecule has 100 heavy (non-hydrogen) atoms. The molecule has 4 aromatic heterocycles. The van der Waals surface area contributed by atoms with Gasteiger partial charge in [-0.2, -0.15) is 75.6 Å². The number of nitriles is 3. The highest BCUT2D eigenvalue weighted by Crippen LogP contribution is 2.31. The van der Waals surface area contributed by atoms with Crippen molar-refractivity contribution in [3.63, 3.8) is 0 Å². The van der Waals surface area contributed by atoms with E-state index in [9.17, 15) is 0 Å². The molecule has 0 atom stereocenters. The molecular formula is C67H59Br4Cl6N23. The molecule has 0 amide bonds. The highest BCUT2D eigenvalue weighted by Gasteiger charge is 2.14. The van der Waals surface area contributed by atoms with Crippen LogP contribution in [-0.4, -0.2) is 59.8 Å². The monoisotopic (exact) mass is 1710 g/mol. The largest absolute Gasteiger partial charge is 0.399 e. The van der Waals surface area contributed by atoms with E-state index in [-0.39, 0.29) is 37.6 Å². The number of benzene rings is 7. The average Bonchev–Trinajstić information content (AvgIpc) is 0.835. The molecule has 33 heteroatoms. The molecule has 11 N–H and O–H groups in total. The Morgan fingerprint density at radius 2 is 0.540 bits per heavy atom. The highest BCUT2D eigenvalue weighted by atomic mass is 79.9. The predicted molar refractivity (Wildman–Crippen MR) is 418 cm³/mol. The quantitative estimate of drug-likeness (QED) is 0.0466. The van der Waals surface area contributed by atoms with E-state index in [0.29, 0.717) is 52.1 Å². The Labute approximate surface area is 641 Å². The SMILES string of the molecule is C=C.Cc1cc(Br)cc(C)c1N.Cc1cc(Br)cc(C)c1Nc1nc(Cl)nc(Cl)n1.Cc1cc(Br)cc(C)c1Nc1nc(Cl)nc(Nc2ccc(C#N)cc2)n1.Cc1cc(Br)cc(C)c1Nc1nc(N)nc(Nc2ccc(C#N)cc2)n1.Clc1nc(Cl)nc(Cl)n1.N#Cc1ccc(N)cc1. The minimum absolute atomic E-state index is 0.000000000000000444. The molecule has 0 saturated carbocycles. The standard InChI is InChI=1S/C18H14BrClN6.C18H16BrN7.C11H9BrCl2N4.C8H10BrN.C7H6N2.C3Cl3N3.C2H4/c1-10-7-13(19)8-11(2)15(10)23-18-25-16(20)24-17(26-18)22-14-5-3-12(9-21)4-6-14;1-10-7-13(19)8-11(2)15(10)23-18-25-16(21)24-17(26-18)22-14-5-3-12(9-20)4-6-14;1-5-3-7(12)4-6(2)8(5)15-11-17-9(13)16-10(14)18-11;1-5-3-7(9)4-6(2)8(5)10;8-5-6-1-3-7(9)4-2-6;4-1-7-2(5)9-3(6)8-1;1-2/h3-8H,1-2H3,(H2,22,23,24,25,26);3-8H,1-2H3,(H4,21,22,23,24,25,26);3-4H,1-2H3,(H,15,16,17,18);3-4H,10H2,1-2H3;1-4H,9H2;;1-2H2. The van der Waals surface area contributed by atoms with Gasteiger partial charge in [0.25, 0.3) is 0 Å². The fourth-order valence-corrected chi connectivity index (χ4v) is 12.2. The summed E-state index contributed by atoms with van der Waals surface area (Å²) in [7, 11) is 0. The van der Waals surface area contributed by atoms with Crippen molar-refractivity contribution in [3.05, 3.63) is 245 Å². The number of aromatic nitrogens is 12. The summed E-state index contributed by atoms with van der Waals surface area (Å²) in [5.41, 5.74) is 33.2. The van der Waals surface area contributed by atoms with Gasteiger partial charge in [-0.1, -0.05) is 63.7 Å². The first-order valence-electron chi connectivity index (χ1n) is 28.6. The molecule has 11 rings (SSSR count). The molecule has 0 unspecified atom stereocenters. The molecule has 0 radical (unpaired) electrons. The first-order valence-corrected chi connectivity index (χ1v) is 34.1. The van der Waals surface area contributed by atoms with E-state index in [1.807, 2.05) is 110 Å². The van der Waals surface area contributed by atoms with Crippen LogP contribution in [0.15, 0.2) is 152 Å². The Balaban J connectivity index is 0.000000227. The van der Waals surface area contributed by atoms with E-state index in [1.54, 1.807) is 72.8 Å². The highest BCUT2D eigenvalue weighted by molar-refractivity contribution is 9.11. The number of anilines is 13. The van der Waals surface area contributed by atoms with Gasteiger partial charge in [0.2, 0.25) is 67.4 Å². The third kappa shape index (κ3) is 27.2. The third-order valence-electron chi connectivity index (χ3n) is 12.7. The summed E-state index contributed by atoms with van der Waals surface area (Å²) in [5, 5.41) is 41.9. The number of nitrogens with one attached hydrogen (secondary N) is 5. The molecule has 0 saturated heterocycles. The Morgan fingerprint density at radius 1 is 0.320 bits per heavy atom. The van der Waals surface area contributed by atoms with Crippen molar-refractivity contribution in [3.8, 4) is 18.2 Å². The Kier molecular flexibility index (Phi) is 32.8. The minimum atomic E-state index is 0.000000000000000444. The molecular weight excluding hydrogens is 1660 g/mol. The van der Waals surface area contributed by atoms with E-state index >= 15 is 0 Å². The smallest absolute Gasteiger partial charge is 0.233 e. The van der Waals surface area contributed by atoms with Crippen LogP contribution in [0.2, 0.25) is 31.7 Å². The lowest BCUT2D eigenvalue weighted by atomic mass is 10.1. The maximum atomic E-state index is 8.86. The van der Waals surface area contributed by atoms with Crippen molar-refractivity contribution >= 4 is 209 Å². The van der Waals surface area contributed by atoms with Gasteiger partial charge in [0.15, 0.2) is 0 Å². The molecule has 4 heterocycles. The van der Waals surface area contributed by atoms with Crippen molar-refractivity contribution in [2.45, 2.75) is 55.4 Å². The van der Waals surface area contributed by atoms with Gasteiger partial charge >= 0.3 is 0 Å².